The van der Waals surface area contributed by atoms with Crippen molar-refractivity contribution in [3.8, 4) is 0 Å². The van der Waals surface area contributed by atoms with Gasteiger partial charge in [0.15, 0.2) is 5.82 Å². The molecule has 2 aliphatic rings. The molecule has 8 nitrogen and oxygen atoms in total. The predicted molar refractivity (Wildman–Crippen MR) is 71.9 cm³/mol. The minimum atomic E-state index is -0.704. The second-order valence-corrected chi connectivity index (χ2v) is 6.13. The van der Waals surface area contributed by atoms with Gasteiger partial charge < -0.3 is 5.32 Å². The maximum absolute atomic E-state index is 12.5. The van der Waals surface area contributed by atoms with Gasteiger partial charge in [-0.15, -0.1) is 5.10 Å². The van der Waals surface area contributed by atoms with Crippen LogP contribution in [0.25, 0.3) is 0 Å². The molecule has 0 aliphatic carbocycles. The molecule has 0 aromatic carbocycles. The average Bonchev–Trinajstić information content (AvgIpc) is 3.10. The van der Waals surface area contributed by atoms with E-state index in [-0.39, 0.29) is 18.5 Å². The Labute approximate surface area is 120 Å². The van der Waals surface area contributed by atoms with Crippen LogP contribution in [0.3, 0.4) is 0 Å². The van der Waals surface area contributed by atoms with Gasteiger partial charge >= 0.3 is 6.03 Å². The van der Waals surface area contributed by atoms with E-state index in [0.717, 1.165) is 12.2 Å². The predicted octanol–water partition coefficient (Wildman–Crippen LogP) is 0.0106. The van der Waals surface area contributed by atoms with Crippen LogP contribution in [0.5, 0.6) is 0 Å². The maximum atomic E-state index is 12.5. The lowest BCUT2D eigenvalue weighted by molar-refractivity contribution is -0.131. The molecule has 3 rings (SSSR count). The molecule has 1 unspecified atom stereocenters. The molecule has 1 N–H and O–H groups in total. The van der Waals surface area contributed by atoms with E-state index in [1.807, 2.05) is 6.92 Å². The summed E-state index contributed by atoms with van der Waals surface area (Å²) >= 11 is 1.69. The number of aryl methyl sites for hydroxylation is 1. The molecule has 108 valence electrons. The first-order valence-electron chi connectivity index (χ1n) is 6.63. The number of thioether (sulfide) groups is 1. The van der Waals surface area contributed by atoms with Crippen molar-refractivity contribution >= 4 is 23.7 Å². The number of imide groups is 1. The fourth-order valence-electron chi connectivity index (χ4n) is 2.52. The molecular weight excluding hydrogens is 280 g/mol. The largest absolute Gasteiger partial charge is 0.325 e. The lowest BCUT2D eigenvalue weighted by atomic mass is 9.99. The second-order valence-electron chi connectivity index (χ2n) is 5.02. The zero-order valence-corrected chi connectivity index (χ0v) is 12.0. The third-order valence-electron chi connectivity index (χ3n) is 3.61. The third-order valence-corrected chi connectivity index (χ3v) is 4.80. The molecule has 1 spiro atoms. The van der Waals surface area contributed by atoms with Crippen LogP contribution in [0.1, 0.15) is 25.6 Å². The Morgan fingerprint density at radius 1 is 1.45 bits per heavy atom. The van der Waals surface area contributed by atoms with Crippen molar-refractivity contribution in [2.45, 2.75) is 38.4 Å². The van der Waals surface area contributed by atoms with Gasteiger partial charge in [0.2, 0.25) is 0 Å². The Hall–Kier alpha value is -1.64. The van der Waals surface area contributed by atoms with Crippen molar-refractivity contribution in [3.05, 3.63) is 5.82 Å². The Morgan fingerprint density at radius 3 is 3.00 bits per heavy atom. The van der Waals surface area contributed by atoms with Gasteiger partial charge in [0.25, 0.3) is 5.91 Å². The number of urea groups is 1. The number of hydrogen-bond donors (Lipinski definition) is 1. The van der Waals surface area contributed by atoms with E-state index in [1.54, 1.807) is 16.4 Å². The van der Waals surface area contributed by atoms with Crippen LogP contribution < -0.4 is 5.32 Å². The van der Waals surface area contributed by atoms with Gasteiger partial charge in [-0.3, -0.25) is 9.69 Å². The van der Waals surface area contributed by atoms with Gasteiger partial charge in [-0.1, -0.05) is 6.92 Å². The molecule has 1 atom stereocenters. The van der Waals surface area contributed by atoms with Gasteiger partial charge in [-0.25, -0.2) is 9.48 Å². The van der Waals surface area contributed by atoms with Crippen LogP contribution in [0.2, 0.25) is 0 Å². The maximum Gasteiger partial charge on any atom is 0.325 e. The monoisotopic (exact) mass is 296 g/mol. The third kappa shape index (κ3) is 2.05. The highest BCUT2D eigenvalue weighted by molar-refractivity contribution is 7.99. The average molecular weight is 296 g/mol. The molecule has 0 saturated carbocycles. The van der Waals surface area contributed by atoms with Crippen molar-refractivity contribution in [3.63, 3.8) is 0 Å². The highest BCUT2D eigenvalue weighted by Crippen LogP contribution is 2.33. The van der Waals surface area contributed by atoms with Gasteiger partial charge in [0.1, 0.15) is 5.54 Å². The highest BCUT2D eigenvalue weighted by atomic mass is 32.2. The fraction of sp³-hybridized carbons (Fsp3) is 0.727. The number of aromatic nitrogens is 4. The molecule has 9 heteroatoms. The molecule has 0 bridgehead atoms. The molecular formula is C11H16N6O2S. The Bertz CT molecular complexity index is 539. The van der Waals surface area contributed by atoms with Crippen LogP contribution in [0, 0.1) is 0 Å². The van der Waals surface area contributed by atoms with Gasteiger partial charge in [-0.2, -0.15) is 11.8 Å². The molecule has 20 heavy (non-hydrogen) atoms. The van der Waals surface area contributed by atoms with Crippen molar-refractivity contribution < 1.29 is 9.59 Å². The van der Waals surface area contributed by atoms with Crippen molar-refractivity contribution in [2.75, 3.05) is 11.5 Å². The topological polar surface area (TPSA) is 93.0 Å². The van der Waals surface area contributed by atoms with Crippen LogP contribution in [0.4, 0.5) is 4.79 Å². The first kappa shape index (κ1) is 13.3. The molecule has 3 amide bonds. The number of rotatable bonds is 4. The second kappa shape index (κ2) is 5.04. The standard InChI is InChI=1S/C11H16N6O2S/c1-2-4-17-8(13-14-15-17)6-16-9(18)11(12-10(16)19)3-5-20-7-11/h2-7H2,1H3,(H,12,19). The molecule has 2 aliphatic heterocycles. The summed E-state index contributed by atoms with van der Waals surface area (Å²) in [5.74, 6) is 1.93. The first-order chi connectivity index (χ1) is 9.66. The molecule has 1 aromatic rings. The van der Waals surface area contributed by atoms with Gasteiger partial charge in [-0.05, 0) is 29.0 Å². The van der Waals surface area contributed by atoms with Gasteiger partial charge in [0, 0.05) is 12.3 Å². The summed E-state index contributed by atoms with van der Waals surface area (Å²) in [6, 6.07) is -0.344. The molecule has 2 fully saturated rings. The Morgan fingerprint density at radius 2 is 2.30 bits per heavy atom. The minimum absolute atomic E-state index is 0.129. The van der Waals surface area contributed by atoms with E-state index in [1.165, 1.54) is 4.90 Å². The summed E-state index contributed by atoms with van der Waals surface area (Å²) < 4.78 is 1.63. The van der Waals surface area contributed by atoms with E-state index in [0.29, 0.717) is 24.5 Å². The van der Waals surface area contributed by atoms with Crippen LogP contribution in [0.15, 0.2) is 0 Å². The van der Waals surface area contributed by atoms with Crippen molar-refractivity contribution in [2.24, 2.45) is 0 Å². The Balaban J connectivity index is 1.79. The van der Waals surface area contributed by atoms with E-state index >= 15 is 0 Å². The lowest BCUT2D eigenvalue weighted by Gasteiger charge is -2.18. The van der Waals surface area contributed by atoms with E-state index in [2.05, 4.69) is 20.8 Å². The molecule has 2 saturated heterocycles. The van der Waals surface area contributed by atoms with Crippen LogP contribution >= 0.6 is 11.8 Å². The van der Waals surface area contributed by atoms with Crippen LogP contribution in [-0.2, 0) is 17.9 Å². The fourth-order valence-corrected chi connectivity index (χ4v) is 3.84. The highest BCUT2D eigenvalue weighted by Gasteiger charge is 2.53. The Kier molecular flexibility index (Phi) is 3.36. The quantitative estimate of drug-likeness (QED) is 0.787. The SMILES string of the molecule is CCCn1nnnc1CN1C(=O)NC2(CCSC2)C1=O. The summed E-state index contributed by atoms with van der Waals surface area (Å²) in [6.45, 7) is 2.82. The number of nitrogens with one attached hydrogen (secondary N) is 1. The number of hydrogen-bond acceptors (Lipinski definition) is 6. The van der Waals surface area contributed by atoms with Crippen molar-refractivity contribution in [1.29, 1.82) is 0 Å². The number of carbonyl (C=O) groups is 2. The smallest absolute Gasteiger partial charge is 0.322 e. The number of amides is 3. The van der Waals surface area contributed by atoms with Crippen LogP contribution in [-0.4, -0.2) is 54.1 Å². The summed E-state index contributed by atoms with van der Waals surface area (Å²) in [7, 11) is 0. The normalized spacial score (nSPS) is 25.8. The lowest BCUT2D eigenvalue weighted by Crippen LogP contribution is -2.47. The summed E-state index contributed by atoms with van der Waals surface area (Å²) in [5, 5.41) is 14.2. The number of nitrogens with zero attached hydrogens (tertiary/aromatic N) is 5. The summed E-state index contributed by atoms with van der Waals surface area (Å²) in [5.41, 5.74) is -0.704. The van der Waals surface area contributed by atoms with Crippen molar-refractivity contribution in [1.82, 2.24) is 30.4 Å². The number of carbonyl (C=O) groups excluding carboxylic acids is 2. The summed E-state index contributed by atoms with van der Waals surface area (Å²) in [4.78, 5) is 25.8. The van der Waals surface area contributed by atoms with E-state index in [9.17, 15) is 9.59 Å². The minimum Gasteiger partial charge on any atom is -0.322 e. The molecule has 1 aromatic heterocycles. The van der Waals surface area contributed by atoms with Gasteiger partial charge in [0.05, 0.1) is 6.54 Å². The summed E-state index contributed by atoms with van der Waals surface area (Å²) in [6.07, 6.45) is 1.58. The molecule has 3 heterocycles. The van der Waals surface area contributed by atoms with E-state index in [4.69, 9.17) is 0 Å². The van der Waals surface area contributed by atoms with E-state index < -0.39 is 5.54 Å². The first-order valence-corrected chi connectivity index (χ1v) is 7.78. The zero-order valence-electron chi connectivity index (χ0n) is 11.2. The number of tetrazole rings is 1. The zero-order chi connectivity index (χ0) is 14.2. The molecule has 0 radical (unpaired) electrons.